The van der Waals surface area contributed by atoms with Crippen molar-refractivity contribution in [1.29, 1.82) is 0 Å². The molecule has 27 heavy (non-hydrogen) atoms. The van der Waals surface area contributed by atoms with E-state index in [0.29, 0.717) is 37.3 Å². The van der Waals surface area contributed by atoms with Crippen LogP contribution >= 0.6 is 0 Å². The monoisotopic (exact) mass is 375 g/mol. The molecule has 2 aliphatic heterocycles. The molecule has 2 saturated heterocycles. The van der Waals surface area contributed by atoms with Crippen molar-refractivity contribution in [1.82, 2.24) is 19.8 Å². The van der Waals surface area contributed by atoms with Crippen molar-refractivity contribution >= 4 is 17.9 Å². The van der Waals surface area contributed by atoms with Gasteiger partial charge in [0.25, 0.3) is 5.91 Å². The van der Waals surface area contributed by atoms with E-state index in [1.54, 1.807) is 17.2 Å². The number of likely N-dealkylation sites (tertiary alicyclic amines) is 2. The summed E-state index contributed by atoms with van der Waals surface area (Å²) in [6, 6.07) is 1.85. The molecule has 1 aromatic heterocycles. The molecular weight excluding hydrogens is 346 g/mol. The second-order valence-electron chi connectivity index (χ2n) is 7.34. The first-order valence-electron chi connectivity index (χ1n) is 9.87. The molecule has 8 nitrogen and oxygen atoms in total. The minimum Gasteiger partial charge on any atom is -0.450 e. The minimum absolute atomic E-state index is 0.0236. The third-order valence-electron chi connectivity index (χ3n) is 5.30. The lowest BCUT2D eigenvalue weighted by molar-refractivity contribution is 0.0691. The van der Waals surface area contributed by atoms with Gasteiger partial charge in [0.05, 0.1) is 6.61 Å². The quantitative estimate of drug-likeness (QED) is 0.869. The van der Waals surface area contributed by atoms with Gasteiger partial charge in [0, 0.05) is 38.4 Å². The standard InChI is InChI=1S/C19H29N5O3/c1-3-27-19(26)24-12-7-15(8-13-24)21-18-20-9-4-16(22-18)17(25)23-10-5-14(2)6-11-23/h4,9,14-15H,3,5-8,10-13H2,1-2H3,(H,20,21,22). The Morgan fingerprint density at radius 1 is 1.15 bits per heavy atom. The highest BCUT2D eigenvalue weighted by Crippen LogP contribution is 2.19. The molecule has 0 aliphatic carbocycles. The Bertz CT molecular complexity index is 653. The average molecular weight is 375 g/mol. The van der Waals surface area contributed by atoms with E-state index >= 15 is 0 Å². The molecular formula is C19H29N5O3. The van der Waals surface area contributed by atoms with Gasteiger partial charge in [-0.3, -0.25) is 4.79 Å². The predicted molar refractivity (Wildman–Crippen MR) is 102 cm³/mol. The van der Waals surface area contributed by atoms with Gasteiger partial charge in [-0.1, -0.05) is 6.92 Å². The Morgan fingerprint density at radius 3 is 2.48 bits per heavy atom. The van der Waals surface area contributed by atoms with Crippen molar-refractivity contribution < 1.29 is 14.3 Å². The summed E-state index contributed by atoms with van der Waals surface area (Å²) in [5.74, 6) is 1.13. The number of nitrogens with one attached hydrogen (secondary N) is 1. The van der Waals surface area contributed by atoms with Gasteiger partial charge in [-0.2, -0.15) is 0 Å². The van der Waals surface area contributed by atoms with Gasteiger partial charge in [-0.05, 0) is 44.6 Å². The molecule has 2 amide bonds. The smallest absolute Gasteiger partial charge is 0.409 e. The second-order valence-corrected chi connectivity index (χ2v) is 7.34. The molecule has 3 rings (SSSR count). The lowest BCUT2D eigenvalue weighted by Crippen LogP contribution is -2.43. The fraction of sp³-hybridized carbons (Fsp3) is 0.684. The first kappa shape index (κ1) is 19.4. The molecule has 2 aliphatic rings. The Hall–Kier alpha value is -2.38. The molecule has 0 aromatic carbocycles. The van der Waals surface area contributed by atoms with E-state index in [2.05, 4.69) is 22.2 Å². The van der Waals surface area contributed by atoms with Gasteiger partial charge in [-0.15, -0.1) is 0 Å². The highest BCUT2D eigenvalue weighted by atomic mass is 16.6. The van der Waals surface area contributed by atoms with Crippen LogP contribution in [-0.4, -0.2) is 70.6 Å². The molecule has 0 radical (unpaired) electrons. The number of rotatable bonds is 4. The van der Waals surface area contributed by atoms with Crippen LogP contribution in [-0.2, 0) is 4.74 Å². The summed E-state index contributed by atoms with van der Waals surface area (Å²) in [6.45, 7) is 7.28. The van der Waals surface area contributed by atoms with E-state index in [-0.39, 0.29) is 18.0 Å². The van der Waals surface area contributed by atoms with Crippen molar-refractivity contribution in [3.63, 3.8) is 0 Å². The second kappa shape index (κ2) is 9.01. The number of carbonyl (C=O) groups excluding carboxylic acids is 2. The number of hydrogen-bond acceptors (Lipinski definition) is 6. The number of carbonyl (C=O) groups is 2. The van der Waals surface area contributed by atoms with Gasteiger partial charge in [0.15, 0.2) is 0 Å². The zero-order valence-corrected chi connectivity index (χ0v) is 16.2. The maximum absolute atomic E-state index is 12.7. The first-order chi connectivity index (χ1) is 13.1. The third kappa shape index (κ3) is 5.08. The molecule has 0 unspecified atom stereocenters. The van der Waals surface area contributed by atoms with Crippen molar-refractivity contribution in [2.24, 2.45) is 5.92 Å². The largest absolute Gasteiger partial charge is 0.450 e. The number of anilines is 1. The summed E-state index contributed by atoms with van der Waals surface area (Å²) in [5.41, 5.74) is 0.436. The van der Waals surface area contributed by atoms with Crippen LogP contribution in [0.5, 0.6) is 0 Å². The first-order valence-corrected chi connectivity index (χ1v) is 9.87. The van der Waals surface area contributed by atoms with Crippen LogP contribution in [0.15, 0.2) is 12.3 Å². The summed E-state index contributed by atoms with van der Waals surface area (Å²) in [6.07, 6.45) is 5.05. The zero-order valence-electron chi connectivity index (χ0n) is 16.2. The summed E-state index contributed by atoms with van der Waals surface area (Å²) < 4.78 is 5.04. The van der Waals surface area contributed by atoms with Crippen molar-refractivity contribution in [3.05, 3.63) is 18.0 Å². The number of ether oxygens (including phenoxy) is 1. The fourth-order valence-corrected chi connectivity index (χ4v) is 3.52. The minimum atomic E-state index is -0.254. The Labute approximate surface area is 160 Å². The Morgan fingerprint density at radius 2 is 1.81 bits per heavy atom. The zero-order chi connectivity index (χ0) is 19.2. The third-order valence-corrected chi connectivity index (χ3v) is 5.30. The molecule has 148 valence electrons. The van der Waals surface area contributed by atoms with Crippen LogP contribution in [0.2, 0.25) is 0 Å². The SMILES string of the molecule is CCOC(=O)N1CCC(Nc2nccc(C(=O)N3CCC(C)CC3)n2)CC1. The number of nitrogens with zero attached hydrogens (tertiary/aromatic N) is 4. The Kier molecular flexibility index (Phi) is 6.47. The van der Waals surface area contributed by atoms with Gasteiger partial charge >= 0.3 is 6.09 Å². The molecule has 2 fully saturated rings. The van der Waals surface area contributed by atoms with Gasteiger partial charge in [0.2, 0.25) is 5.95 Å². The average Bonchev–Trinajstić information content (AvgIpc) is 2.69. The Balaban J connectivity index is 1.54. The molecule has 8 heteroatoms. The van der Waals surface area contributed by atoms with Gasteiger partial charge in [-0.25, -0.2) is 14.8 Å². The van der Waals surface area contributed by atoms with E-state index in [9.17, 15) is 9.59 Å². The summed E-state index contributed by atoms with van der Waals surface area (Å²) in [4.78, 5) is 36.7. The predicted octanol–water partition coefficient (Wildman–Crippen LogP) is 2.38. The lowest BCUT2D eigenvalue weighted by atomic mass is 9.99. The molecule has 0 spiro atoms. The highest BCUT2D eigenvalue weighted by molar-refractivity contribution is 5.92. The fourth-order valence-electron chi connectivity index (χ4n) is 3.52. The van der Waals surface area contributed by atoms with Gasteiger partial charge in [0.1, 0.15) is 5.69 Å². The molecule has 3 heterocycles. The van der Waals surface area contributed by atoms with E-state index < -0.39 is 0 Å². The number of aromatic nitrogens is 2. The van der Waals surface area contributed by atoms with Crippen LogP contribution in [0.25, 0.3) is 0 Å². The number of piperidine rings is 2. The maximum atomic E-state index is 12.7. The number of hydrogen-bond donors (Lipinski definition) is 1. The molecule has 0 bridgehead atoms. The molecule has 1 aromatic rings. The van der Waals surface area contributed by atoms with Gasteiger partial charge < -0.3 is 19.9 Å². The van der Waals surface area contributed by atoms with E-state index in [1.807, 2.05) is 11.8 Å². The van der Waals surface area contributed by atoms with Crippen LogP contribution in [0.1, 0.15) is 50.0 Å². The van der Waals surface area contributed by atoms with E-state index in [4.69, 9.17) is 4.74 Å². The van der Waals surface area contributed by atoms with Crippen molar-refractivity contribution in [3.8, 4) is 0 Å². The molecule has 0 atom stereocenters. The summed E-state index contributed by atoms with van der Waals surface area (Å²) >= 11 is 0. The van der Waals surface area contributed by atoms with Crippen molar-refractivity contribution in [2.75, 3.05) is 38.1 Å². The van der Waals surface area contributed by atoms with Crippen LogP contribution in [0.3, 0.4) is 0 Å². The molecule has 0 saturated carbocycles. The summed E-state index contributed by atoms with van der Waals surface area (Å²) in [5, 5.41) is 3.31. The van der Waals surface area contributed by atoms with Crippen LogP contribution < -0.4 is 5.32 Å². The van der Waals surface area contributed by atoms with Crippen LogP contribution in [0, 0.1) is 5.92 Å². The lowest BCUT2D eigenvalue weighted by Gasteiger charge is -2.32. The highest BCUT2D eigenvalue weighted by Gasteiger charge is 2.25. The van der Waals surface area contributed by atoms with E-state index in [0.717, 1.165) is 38.8 Å². The molecule has 1 N–H and O–H groups in total. The van der Waals surface area contributed by atoms with E-state index in [1.165, 1.54) is 0 Å². The topological polar surface area (TPSA) is 87.7 Å². The maximum Gasteiger partial charge on any atom is 0.409 e. The summed E-state index contributed by atoms with van der Waals surface area (Å²) in [7, 11) is 0. The number of amides is 2. The van der Waals surface area contributed by atoms with Crippen molar-refractivity contribution in [2.45, 2.75) is 45.6 Å². The normalized spacial score (nSPS) is 19.0. The van der Waals surface area contributed by atoms with Crippen LogP contribution in [0.4, 0.5) is 10.7 Å².